The van der Waals surface area contributed by atoms with E-state index in [9.17, 15) is 18.0 Å². The summed E-state index contributed by atoms with van der Waals surface area (Å²) in [5.74, 6) is -0.221. The highest BCUT2D eigenvalue weighted by Gasteiger charge is 2.31. The molecule has 0 aliphatic heterocycles. The summed E-state index contributed by atoms with van der Waals surface area (Å²) in [6.07, 6.45) is -4.43. The number of Topliss-reactive ketones (excluding diaryl/α,β-unsaturated/α-hetero) is 1. The molecule has 27 heavy (non-hydrogen) atoms. The summed E-state index contributed by atoms with van der Waals surface area (Å²) in [6.45, 7) is 0. The maximum atomic E-state index is 13.1. The molecule has 0 spiro atoms. The van der Waals surface area contributed by atoms with Crippen LogP contribution in [0.1, 0.15) is 33.0 Å². The molecule has 0 amide bonds. The molecule has 3 aromatic rings. The average molecular weight is 370 g/mol. The van der Waals surface area contributed by atoms with Crippen molar-refractivity contribution in [3.63, 3.8) is 0 Å². The van der Waals surface area contributed by atoms with Crippen LogP contribution in [0.5, 0.6) is 5.75 Å². The molecule has 3 rings (SSSR count). The molecule has 0 radical (unpaired) electrons. The molecule has 0 aliphatic rings. The molecule has 0 heterocycles. The van der Waals surface area contributed by atoms with Gasteiger partial charge in [0.25, 0.3) is 0 Å². The Hall–Kier alpha value is -3.08. The van der Waals surface area contributed by atoms with E-state index in [1.54, 1.807) is 31.4 Å². The van der Waals surface area contributed by atoms with Crippen LogP contribution in [0.25, 0.3) is 0 Å². The summed E-state index contributed by atoms with van der Waals surface area (Å²) >= 11 is 0. The number of ketones is 1. The maximum Gasteiger partial charge on any atom is 0.416 e. The first-order valence-electron chi connectivity index (χ1n) is 8.30. The van der Waals surface area contributed by atoms with Gasteiger partial charge in [-0.3, -0.25) is 4.79 Å². The van der Waals surface area contributed by atoms with E-state index >= 15 is 0 Å². The van der Waals surface area contributed by atoms with Crippen LogP contribution in [0, 0.1) is 0 Å². The van der Waals surface area contributed by atoms with Crippen molar-refractivity contribution in [3.05, 3.63) is 101 Å². The summed E-state index contributed by atoms with van der Waals surface area (Å²) in [6, 6.07) is 20.6. The normalized spacial score (nSPS) is 12.4. The number of hydrogen-bond donors (Lipinski definition) is 0. The quantitative estimate of drug-likeness (QED) is 0.536. The molecule has 5 heteroatoms. The predicted molar refractivity (Wildman–Crippen MR) is 97.1 cm³/mol. The van der Waals surface area contributed by atoms with E-state index in [1.165, 1.54) is 12.1 Å². The van der Waals surface area contributed by atoms with E-state index in [-0.39, 0.29) is 11.3 Å². The fourth-order valence-corrected chi connectivity index (χ4v) is 2.93. The van der Waals surface area contributed by atoms with E-state index in [4.69, 9.17) is 4.74 Å². The molecule has 0 aliphatic carbocycles. The maximum absolute atomic E-state index is 13.1. The SMILES string of the molecule is COc1ccc(C(C(=O)c2ccc(C(F)(F)F)cc2)c2ccccc2)cc1. The lowest BCUT2D eigenvalue weighted by Crippen LogP contribution is -2.15. The van der Waals surface area contributed by atoms with Crippen LogP contribution >= 0.6 is 0 Å². The third-order valence-electron chi connectivity index (χ3n) is 4.34. The Balaban J connectivity index is 2.00. The van der Waals surface area contributed by atoms with Crippen LogP contribution in [0.15, 0.2) is 78.9 Å². The minimum atomic E-state index is -4.43. The van der Waals surface area contributed by atoms with Gasteiger partial charge in [-0.05, 0) is 35.4 Å². The zero-order valence-electron chi connectivity index (χ0n) is 14.5. The van der Waals surface area contributed by atoms with Gasteiger partial charge in [-0.15, -0.1) is 0 Å². The van der Waals surface area contributed by atoms with Crippen LogP contribution in [0.4, 0.5) is 13.2 Å². The Morgan fingerprint density at radius 1 is 0.815 bits per heavy atom. The first kappa shape index (κ1) is 18.7. The van der Waals surface area contributed by atoms with E-state index in [0.29, 0.717) is 5.75 Å². The summed E-state index contributed by atoms with van der Waals surface area (Å²) < 4.78 is 43.5. The number of halogens is 3. The van der Waals surface area contributed by atoms with Gasteiger partial charge >= 0.3 is 6.18 Å². The van der Waals surface area contributed by atoms with Gasteiger partial charge in [0, 0.05) is 5.56 Å². The number of carbonyl (C=O) groups excluding carboxylic acids is 1. The van der Waals surface area contributed by atoms with E-state index in [2.05, 4.69) is 0 Å². The van der Waals surface area contributed by atoms with Gasteiger partial charge in [0.05, 0.1) is 18.6 Å². The number of hydrogen-bond acceptors (Lipinski definition) is 2. The highest BCUT2D eigenvalue weighted by atomic mass is 19.4. The topological polar surface area (TPSA) is 26.3 Å². The zero-order chi connectivity index (χ0) is 19.4. The van der Waals surface area contributed by atoms with Gasteiger partial charge in [-0.2, -0.15) is 13.2 Å². The lowest BCUT2D eigenvalue weighted by Gasteiger charge is -2.18. The Kier molecular flexibility index (Phi) is 5.31. The summed E-state index contributed by atoms with van der Waals surface area (Å²) in [4.78, 5) is 13.1. The van der Waals surface area contributed by atoms with Crippen LogP contribution < -0.4 is 4.74 Å². The van der Waals surface area contributed by atoms with Crippen molar-refractivity contribution in [3.8, 4) is 5.75 Å². The minimum absolute atomic E-state index is 0.229. The summed E-state index contributed by atoms with van der Waals surface area (Å²) in [5.41, 5.74) is 0.965. The Morgan fingerprint density at radius 3 is 1.89 bits per heavy atom. The smallest absolute Gasteiger partial charge is 0.416 e. The second kappa shape index (κ2) is 7.66. The van der Waals surface area contributed by atoms with Crippen LogP contribution in [0.2, 0.25) is 0 Å². The van der Waals surface area contributed by atoms with Crippen LogP contribution in [0.3, 0.4) is 0 Å². The number of rotatable bonds is 5. The molecule has 3 aromatic carbocycles. The lowest BCUT2D eigenvalue weighted by molar-refractivity contribution is -0.137. The Bertz CT molecular complexity index is 899. The van der Waals surface area contributed by atoms with Crippen molar-refractivity contribution in [1.82, 2.24) is 0 Å². The Morgan fingerprint density at radius 2 is 1.37 bits per heavy atom. The lowest BCUT2D eigenvalue weighted by atomic mass is 9.84. The fourth-order valence-electron chi connectivity index (χ4n) is 2.93. The standard InChI is InChI=1S/C22H17F3O2/c1-27-19-13-9-16(10-14-19)20(15-5-3-2-4-6-15)21(26)17-7-11-18(12-8-17)22(23,24)25/h2-14,20H,1H3. The molecule has 0 saturated heterocycles. The first-order chi connectivity index (χ1) is 12.9. The van der Waals surface area contributed by atoms with Gasteiger partial charge in [-0.1, -0.05) is 54.6 Å². The van der Waals surface area contributed by atoms with Gasteiger partial charge in [0.15, 0.2) is 5.78 Å². The second-order valence-corrected chi connectivity index (χ2v) is 6.06. The molecule has 0 fully saturated rings. The van der Waals surface area contributed by atoms with Crippen molar-refractivity contribution >= 4 is 5.78 Å². The zero-order valence-corrected chi connectivity index (χ0v) is 14.5. The molecule has 0 aromatic heterocycles. The van der Waals surface area contributed by atoms with Gasteiger partial charge in [0.1, 0.15) is 5.75 Å². The van der Waals surface area contributed by atoms with Crippen molar-refractivity contribution in [2.75, 3.05) is 7.11 Å². The van der Waals surface area contributed by atoms with Gasteiger partial charge in [-0.25, -0.2) is 0 Å². The van der Waals surface area contributed by atoms with E-state index in [0.717, 1.165) is 23.3 Å². The molecule has 0 saturated carbocycles. The summed E-state index contributed by atoms with van der Waals surface area (Å²) in [5, 5.41) is 0. The minimum Gasteiger partial charge on any atom is -0.497 e. The number of methoxy groups -OCH3 is 1. The molecular weight excluding hydrogens is 353 g/mol. The van der Waals surface area contributed by atoms with Crippen molar-refractivity contribution in [2.24, 2.45) is 0 Å². The first-order valence-corrected chi connectivity index (χ1v) is 8.30. The molecule has 1 unspecified atom stereocenters. The number of alkyl halides is 3. The van der Waals surface area contributed by atoms with Crippen LogP contribution in [-0.4, -0.2) is 12.9 Å². The number of carbonyl (C=O) groups is 1. The van der Waals surface area contributed by atoms with Crippen LogP contribution in [-0.2, 0) is 6.18 Å². The van der Waals surface area contributed by atoms with Crippen molar-refractivity contribution in [2.45, 2.75) is 12.1 Å². The largest absolute Gasteiger partial charge is 0.497 e. The molecule has 0 bridgehead atoms. The molecule has 138 valence electrons. The fraction of sp³-hybridized carbons (Fsp3) is 0.136. The van der Waals surface area contributed by atoms with E-state index in [1.807, 2.05) is 30.3 Å². The third kappa shape index (κ3) is 4.19. The highest BCUT2D eigenvalue weighted by Crippen LogP contribution is 2.32. The molecule has 2 nitrogen and oxygen atoms in total. The average Bonchev–Trinajstić information content (AvgIpc) is 2.69. The number of ether oxygens (including phenoxy) is 1. The third-order valence-corrected chi connectivity index (χ3v) is 4.34. The second-order valence-electron chi connectivity index (χ2n) is 6.06. The van der Waals surface area contributed by atoms with Gasteiger partial charge < -0.3 is 4.74 Å². The summed E-state index contributed by atoms with van der Waals surface area (Å²) in [7, 11) is 1.55. The van der Waals surface area contributed by atoms with Crippen molar-refractivity contribution in [1.29, 1.82) is 0 Å². The molecule has 0 N–H and O–H groups in total. The molecular formula is C22H17F3O2. The monoisotopic (exact) mass is 370 g/mol. The predicted octanol–water partition coefficient (Wildman–Crippen LogP) is 5.73. The number of benzene rings is 3. The molecule has 1 atom stereocenters. The highest BCUT2D eigenvalue weighted by molar-refractivity contribution is 6.03. The van der Waals surface area contributed by atoms with Crippen molar-refractivity contribution < 1.29 is 22.7 Å². The van der Waals surface area contributed by atoms with E-state index < -0.39 is 17.7 Å². The van der Waals surface area contributed by atoms with Gasteiger partial charge in [0.2, 0.25) is 0 Å². The Labute approximate surface area is 155 Å².